The highest BCUT2D eigenvalue weighted by atomic mass is 16.4. The van der Waals surface area contributed by atoms with Crippen molar-refractivity contribution in [2.24, 2.45) is 0 Å². The molecule has 0 radical (unpaired) electrons. The van der Waals surface area contributed by atoms with Gasteiger partial charge in [0.1, 0.15) is 6.04 Å². The van der Waals surface area contributed by atoms with Gasteiger partial charge in [-0.25, -0.2) is 4.79 Å². The molecule has 0 saturated carbocycles. The Hall–Kier alpha value is -2.57. The van der Waals surface area contributed by atoms with Crippen LogP contribution in [0.1, 0.15) is 24.3 Å². The van der Waals surface area contributed by atoms with Crippen LogP contribution in [-0.4, -0.2) is 40.6 Å². The molecule has 2 atom stereocenters. The summed E-state index contributed by atoms with van der Waals surface area (Å²) < 4.78 is 0. The highest BCUT2D eigenvalue weighted by Gasteiger charge is 2.30. The Balaban J connectivity index is 2.13. The van der Waals surface area contributed by atoms with E-state index in [1.54, 1.807) is 12.1 Å². The molecule has 0 fully saturated rings. The van der Waals surface area contributed by atoms with Crippen molar-refractivity contribution >= 4 is 23.5 Å². The van der Waals surface area contributed by atoms with Gasteiger partial charge in [0.2, 0.25) is 5.91 Å². The second-order valence-corrected chi connectivity index (χ2v) is 4.85. The normalized spacial score (nSPS) is 18.0. The molecule has 1 aromatic rings. The molecule has 1 amide bonds. The van der Waals surface area contributed by atoms with Crippen LogP contribution >= 0.6 is 0 Å². The fourth-order valence-electron chi connectivity index (χ4n) is 2.39. The minimum atomic E-state index is -1.42. The Kier molecular flexibility index (Phi) is 4.42. The van der Waals surface area contributed by atoms with E-state index < -0.39 is 36.2 Å². The molecule has 4 N–H and O–H groups in total. The molecule has 2 unspecified atom stereocenters. The molecule has 1 heterocycles. The van der Waals surface area contributed by atoms with Gasteiger partial charge in [0, 0.05) is 12.2 Å². The number of benzene rings is 1. The van der Waals surface area contributed by atoms with Gasteiger partial charge in [0.15, 0.2) is 0 Å². The molecule has 112 valence electrons. The fourth-order valence-corrected chi connectivity index (χ4v) is 2.39. The van der Waals surface area contributed by atoms with Crippen molar-refractivity contribution in [2.75, 3.05) is 11.9 Å². The topological polar surface area (TPSA) is 116 Å². The summed E-state index contributed by atoms with van der Waals surface area (Å²) in [6.45, 7) is 0.603. The minimum absolute atomic E-state index is 0.461. The summed E-state index contributed by atoms with van der Waals surface area (Å²) in [7, 11) is 0. The zero-order valence-electron chi connectivity index (χ0n) is 11.2. The number of fused-ring (bicyclic) bond motifs is 1. The molecule has 0 spiro atoms. The standard InChI is InChI=1S/C14H16N2O5/c17-12(18)7-11(14(20)21)16-13(19)9-5-6-15-10-4-2-1-3-8(9)10/h1-4,9,11,15H,5-7H2,(H,16,19)(H,17,18)(H,20,21). The van der Waals surface area contributed by atoms with Crippen LogP contribution in [0, 0.1) is 0 Å². The van der Waals surface area contributed by atoms with Gasteiger partial charge >= 0.3 is 11.9 Å². The molecule has 0 bridgehead atoms. The van der Waals surface area contributed by atoms with Gasteiger partial charge in [0.25, 0.3) is 0 Å². The number of carboxylic acid groups (broad SMARTS) is 2. The summed E-state index contributed by atoms with van der Waals surface area (Å²) >= 11 is 0. The lowest BCUT2D eigenvalue weighted by Crippen LogP contribution is -2.45. The van der Waals surface area contributed by atoms with Crippen molar-refractivity contribution in [1.29, 1.82) is 0 Å². The van der Waals surface area contributed by atoms with Gasteiger partial charge in [-0.1, -0.05) is 18.2 Å². The maximum absolute atomic E-state index is 12.3. The lowest BCUT2D eigenvalue weighted by Gasteiger charge is -2.26. The number of carbonyl (C=O) groups is 3. The number of carbonyl (C=O) groups excluding carboxylic acids is 1. The predicted molar refractivity (Wildman–Crippen MR) is 74.1 cm³/mol. The SMILES string of the molecule is O=C(O)CC(NC(=O)C1CCNc2ccccc21)C(=O)O. The first-order valence-electron chi connectivity index (χ1n) is 6.57. The Morgan fingerprint density at radius 2 is 2.00 bits per heavy atom. The summed E-state index contributed by atoms with van der Waals surface area (Å²) in [6.07, 6.45) is -0.115. The summed E-state index contributed by atoms with van der Waals surface area (Å²) in [6, 6.07) is 5.88. The van der Waals surface area contributed by atoms with Crippen LogP contribution < -0.4 is 10.6 Å². The fraction of sp³-hybridized carbons (Fsp3) is 0.357. The van der Waals surface area contributed by atoms with Gasteiger partial charge in [-0.15, -0.1) is 0 Å². The first kappa shape index (κ1) is 14.8. The van der Waals surface area contributed by atoms with E-state index in [2.05, 4.69) is 10.6 Å². The molecule has 7 nitrogen and oxygen atoms in total. The van der Waals surface area contributed by atoms with Gasteiger partial charge in [0.05, 0.1) is 12.3 Å². The third-order valence-corrected chi connectivity index (χ3v) is 3.39. The number of nitrogens with one attached hydrogen (secondary N) is 2. The highest BCUT2D eigenvalue weighted by Crippen LogP contribution is 2.31. The van der Waals surface area contributed by atoms with E-state index in [9.17, 15) is 14.4 Å². The molecule has 21 heavy (non-hydrogen) atoms. The molecule has 1 aliphatic rings. The van der Waals surface area contributed by atoms with E-state index in [-0.39, 0.29) is 0 Å². The summed E-state index contributed by atoms with van der Waals surface area (Å²) in [4.78, 5) is 33.9. The Morgan fingerprint density at radius 1 is 1.29 bits per heavy atom. The summed E-state index contributed by atoms with van der Waals surface area (Å²) in [5.41, 5.74) is 1.63. The minimum Gasteiger partial charge on any atom is -0.481 e. The molecule has 1 aromatic carbocycles. The Bertz CT molecular complexity index is 572. The second-order valence-electron chi connectivity index (χ2n) is 4.85. The van der Waals surface area contributed by atoms with Gasteiger partial charge < -0.3 is 20.8 Å². The van der Waals surface area contributed by atoms with Crippen LogP contribution in [0.25, 0.3) is 0 Å². The number of para-hydroxylation sites is 1. The van der Waals surface area contributed by atoms with Crippen LogP contribution in [0.15, 0.2) is 24.3 Å². The maximum atomic E-state index is 12.3. The smallest absolute Gasteiger partial charge is 0.326 e. The first-order valence-corrected chi connectivity index (χ1v) is 6.57. The van der Waals surface area contributed by atoms with E-state index >= 15 is 0 Å². The lowest BCUT2D eigenvalue weighted by molar-refractivity contribution is -0.147. The van der Waals surface area contributed by atoms with E-state index in [1.165, 1.54) is 0 Å². The predicted octanol–water partition coefficient (Wildman–Crippen LogP) is 0.630. The molecular weight excluding hydrogens is 276 g/mol. The van der Waals surface area contributed by atoms with E-state index in [4.69, 9.17) is 10.2 Å². The molecule has 0 saturated heterocycles. The van der Waals surface area contributed by atoms with Crippen molar-refractivity contribution in [2.45, 2.75) is 24.8 Å². The Labute approximate surface area is 121 Å². The van der Waals surface area contributed by atoms with E-state index in [0.29, 0.717) is 13.0 Å². The van der Waals surface area contributed by atoms with E-state index in [0.717, 1.165) is 11.3 Å². The van der Waals surface area contributed by atoms with Gasteiger partial charge in [-0.05, 0) is 18.1 Å². The van der Waals surface area contributed by atoms with Crippen LogP contribution in [0.4, 0.5) is 5.69 Å². The zero-order valence-corrected chi connectivity index (χ0v) is 11.2. The van der Waals surface area contributed by atoms with Crippen molar-refractivity contribution in [3.63, 3.8) is 0 Å². The lowest BCUT2D eigenvalue weighted by atomic mass is 9.90. The molecule has 0 aromatic heterocycles. The average molecular weight is 292 g/mol. The maximum Gasteiger partial charge on any atom is 0.326 e. The number of anilines is 1. The Morgan fingerprint density at radius 3 is 2.67 bits per heavy atom. The second kappa shape index (κ2) is 6.25. The molecule has 2 rings (SSSR count). The van der Waals surface area contributed by atoms with E-state index in [1.807, 2.05) is 12.1 Å². The third kappa shape index (κ3) is 3.50. The monoisotopic (exact) mass is 292 g/mol. The first-order chi connectivity index (χ1) is 9.99. The average Bonchev–Trinajstić information content (AvgIpc) is 2.45. The van der Waals surface area contributed by atoms with Gasteiger partial charge in [-0.3, -0.25) is 9.59 Å². The van der Waals surface area contributed by atoms with Crippen LogP contribution in [0.2, 0.25) is 0 Å². The largest absolute Gasteiger partial charge is 0.481 e. The third-order valence-electron chi connectivity index (χ3n) is 3.39. The van der Waals surface area contributed by atoms with Crippen molar-refractivity contribution in [3.05, 3.63) is 29.8 Å². The number of rotatable bonds is 5. The van der Waals surface area contributed by atoms with Crippen LogP contribution in [-0.2, 0) is 14.4 Å². The van der Waals surface area contributed by atoms with Crippen molar-refractivity contribution in [1.82, 2.24) is 5.32 Å². The number of hydrogen-bond donors (Lipinski definition) is 4. The molecule has 1 aliphatic heterocycles. The van der Waals surface area contributed by atoms with Crippen molar-refractivity contribution in [3.8, 4) is 0 Å². The summed E-state index contributed by atoms with van der Waals surface area (Å²) in [5.74, 6) is -3.56. The number of amides is 1. The molecule has 0 aliphatic carbocycles. The highest BCUT2D eigenvalue weighted by molar-refractivity contribution is 5.91. The van der Waals surface area contributed by atoms with Crippen LogP contribution in [0.5, 0.6) is 0 Å². The quantitative estimate of drug-likeness (QED) is 0.632. The van der Waals surface area contributed by atoms with Crippen LogP contribution in [0.3, 0.4) is 0 Å². The number of carboxylic acids is 2. The number of hydrogen-bond acceptors (Lipinski definition) is 4. The van der Waals surface area contributed by atoms with Crippen molar-refractivity contribution < 1.29 is 24.6 Å². The molecular formula is C14H16N2O5. The van der Waals surface area contributed by atoms with Gasteiger partial charge in [-0.2, -0.15) is 0 Å². The zero-order chi connectivity index (χ0) is 15.4. The molecule has 7 heteroatoms. The summed E-state index contributed by atoms with van der Waals surface area (Å²) in [5, 5.41) is 23.1. The number of aliphatic carboxylic acids is 2.